The Hall–Kier alpha value is -1.65. The summed E-state index contributed by atoms with van der Waals surface area (Å²) >= 11 is 0. The van der Waals surface area contributed by atoms with Gasteiger partial charge in [-0.15, -0.1) is 0 Å². The van der Waals surface area contributed by atoms with E-state index in [1.54, 1.807) is 12.3 Å². The van der Waals surface area contributed by atoms with Crippen LogP contribution in [-0.4, -0.2) is 21.9 Å². The van der Waals surface area contributed by atoms with Crippen molar-refractivity contribution >= 4 is 11.7 Å². The molecule has 0 aliphatic carbocycles. The van der Waals surface area contributed by atoms with Gasteiger partial charge in [0.25, 0.3) is 0 Å². The first-order valence-electron chi connectivity index (χ1n) is 6.11. The van der Waals surface area contributed by atoms with Crippen molar-refractivity contribution in [1.29, 1.82) is 0 Å². The summed E-state index contributed by atoms with van der Waals surface area (Å²) in [5.74, 6) is 1.10. The van der Waals surface area contributed by atoms with Crippen LogP contribution in [0.5, 0.6) is 0 Å². The third kappa shape index (κ3) is 3.68. The SMILES string of the molecule is CC(C)[C@@H](Nc1ccnc(C(C)(C)C)n1)C(N)=O. The Labute approximate surface area is 108 Å². The second-order valence-electron chi connectivity index (χ2n) is 5.78. The van der Waals surface area contributed by atoms with E-state index in [-0.39, 0.29) is 17.2 Å². The van der Waals surface area contributed by atoms with Crippen LogP contribution < -0.4 is 11.1 Å². The van der Waals surface area contributed by atoms with E-state index in [0.717, 1.165) is 5.82 Å². The summed E-state index contributed by atoms with van der Waals surface area (Å²) in [6.45, 7) is 10.0. The smallest absolute Gasteiger partial charge is 0.240 e. The van der Waals surface area contributed by atoms with Crippen molar-refractivity contribution in [2.75, 3.05) is 5.32 Å². The number of nitrogens with two attached hydrogens (primary N) is 1. The van der Waals surface area contributed by atoms with Crippen LogP contribution in [0, 0.1) is 5.92 Å². The number of hydrogen-bond donors (Lipinski definition) is 2. The minimum Gasteiger partial charge on any atom is -0.368 e. The first-order chi connectivity index (χ1) is 8.21. The highest BCUT2D eigenvalue weighted by Gasteiger charge is 2.21. The normalized spacial score (nSPS) is 13.4. The number of anilines is 1. The lowest BCUT2D eigenvalue weighted by atomic mass is 9.96. The van der Waals surface area contributed by atoms with Crippen molar-refractivity contribution in [3.63, 3.8) is 0 Å². The summed E-state index contributed by atoms with van der Waals surface area (Å²) in [7, 11) is 0. The summed E-state index contributed by atoms with van der Waals surface area (Å²) in [5.41, 5.74) is 5.24. The fourth-order valence-corrected chi connectivity index (χ4v) is 1.53. The maximum atomic E-state index is 11.3. The lowest BCUT2D eigenvalue weighted by Gasteiger charge is -2.21. The monoisotopic (exact) mass is 250 g/mol. The molecule has 0 saturated heterocycles. The molecular formula is C13H22N4O. The second kappa shape index (κ2) is 5.33. The molecule has 0 unspecified atom stereocenters. The van der Waals surface area contributed by atoms with Crippen molar-refractivity contribution < 1.29 is 4.79 Å². The van der Waals surface area contributed by atoms with Crippen LogP contribution in [0.25, 0.3) is 0 Å². The fraction of sp³-hybridized carbons (Fsp3) is 0.615. The van der Waals surface area contributed by atoms with Crippen LogP contribution in [-0.2, 0) is 10.2 Å². The molecule has 1 heterocycles. The summed E-state index contributed by atoms with van der Waals surface area (Å²) in [5, 5.41) is 3.06. The maximum Gasteiger partial charge on any atom is 0.240 e. The van der Waals surface area contributed by atoms with Gasteiger partial charge in [0.15, 0.2) is 0 Å². The second-order valence-corrected chi connectivity index (χ2v) is 5.78. The average Bonchev–Trinajstić information content (AvgIpc) is 2.24. The van der Waals surface area contributed by atoms with Crippen molar-refractivity contribution in [2.45, 2.75) is 46.1 Å². The van der Waals surface area contributed by atoms with E-state index < -0.39 is 6.04 Å². The number of aromatic nitrogens is 2. The lowest BCUT2D eigenvalue weighted by molar-refractivity contribution is -0.119. The third-order valence-corrected chi connectivity index (χ3v) is 2.60. The van der Waals surface area contributed by atoms with Crippen LogP contribution in [0.1, 0.15) is 40.4 Å². The molecule has 0 aliphatic heterocycles. The molecule has 1 aromatic rings. The molecule has 1 amide bonds. The standard InChI is InChI=1S/C13H22N4O/c1-8(2)10(11(14)18)16-9-6-7-15-12(17-9)13(3,4)5/h6-8,10H,1-5H3,(H2,14,18)(H,15,16,17)/t10-/m1/s1. The molecule has 0 aliphatic rings. The molecule has 0 bridgehead atoms. The van der Waals surface area contributed by atoms with Gasteiger partial charge in [-0.05, 0) is 12.0 Å². The number of carbonyl (C=O) groups excluding carboxylic acids is 1. The van der Waals surface area contributed by atoms with Crippen molar-refractivity contribution in [2.24, 2.45) is 11.7 Å². The first kappa shape index (κ1) is 14.4. The molecule has 0 fully saturated rings. The highest BCUT2D eigenvalue weighted by atomic mass is 16.1. The Kier molecular flexibility index (Phi) is 4.27. The number of nitrogens with zero attached hydrogens (tertiary/aromatic N) is 2. The number of rotatable bonds is 4. The molecule has 100 valence electrons. The van der Waals surface area contributed by atoms with Gasteiger partial charge in [-0.1, -0.05) is 34.6 Å². The number of nitrogens with one attached hydrogen (secondary N) is 1. The van der Waals surface area contributed by atoms with Gasteiger partial charge < -0.3 is 11.1 Å². The molecule has 0 radical (unpaired) electrons. The van der Waals surface area contributed by atoms with Gasteiger partial charge in [-0.3, -0.25) is 4.79 Å². The molecule has 1 atom stereocenters. The van der Waals surface area contributed by atoms with Crippen molar-refractivity contribution in [3.8, 4) is 0 Å². The Morgan fingerprint density at radius 2 is 2.00 bits per heavy atom. The van der Waals surface area contributed by atoms with Gasteiger partial charge in [0, 0.05) is 11.6 Å². The molecule has 5 nitrogen and oxygen atoms in total. The van der Waals surface area contributed by atoms with Crippen LogP contribution >= 0.6 is 0 Å². The summed E-state index contributed by atoms with van der Waals surface area (Å²) in [4.78, 5) is 20.0. The van der Waals surface area contributed by atoms with E-state index >= 15 is 0 Å². The van der Waals surface area contributed by atoms with Gasteiger partial charge in [0.1, 0.15) is 17.7 Å². The average molecular weight is 250 g/mol. The quantitative estimate of drug-likeness (QED) is 0.852. The van der Waals surface area contributed by atoms with Crippen LogP contribution in [0.3, 0.4) is 0 Å². The fourth-order valence-electron chi connectivity index (χ4n) is 1.53. The highest BCUT2D eigenvalue weighted by Crippen LogP contribution is 2.19. The van der Waals surface area contributed by atoms with Crippen molar-refractivity contribution in [3.05, 3.63) is 18.1 Å². The van der Waals surface area contributed by atoms with Crippen LogP contribution in [0.4, 0.5) is 5.82 Å². The molecular weight excluding hydrogens is 228 g/mol. The largest absolute Gasteiger partial charge is 0.368 e. The van der Waals surface area contributed by atoms with E-state index in [1.165, 1.54) is 0 Å². The number of amides is 1. The molecule has 3 N–H and O–H groups in total. The number of carbonyl (C=O) groups is 1. The zero-order chi connectivity index (χ0) is 13.9. The Bertz CT molecular complexity index is 423. The van der Waals surface area contributed by atoms with Crippen LogP contribution in [0.15, 0.2) is 12.3 Å². The minimum atomic E-state index is -0.423. The van der Waals surface area contributed by atoms with Gasteiger partial charge in [0.2, 0.25) is 5.91 Å². The van der Waals surface area contributed by atoms with Gasteiger partial charge in [0.05, 0.1) is 0 Å². The topological polar surface area (TPSA) is 80.9 Å². The molecule has 1 aromatic heterocycles. The van der Waals surface area contributed by atoms with Crippen LogP contribution in [0.2, 0.25) is 0 Å². The molecule has 0 saturated carbocycles. The van der Waals surface area contributed by atoms with Crippen molar-refractivity contribution in [1.82, 2.24) is 9.97 Å². The molecule has 18 heavy (non-hydrogen) atoms. The molecule has 0 aromatic carbocycles. The molecule has 1 rings (SSSR count). The number of primary amides is 1. The minimum absolute atomic E-state index is 0.107. The van der Waals surface area contributed by atoms with Gasteiger partial charge in [-0.25, -0.2) is 9.97 Å². The Morgan fingerprint density at radius 1 is 1.39 bits per heavy atom. The zero-order valence-electron chi connectivity index (χ0n) is 11.7. The van der Waals surface area contributed by atoms with Gasteiger partial charge in [-0.2, -0.15) is 0 Å². The number of hydrogen-bond acceptors (Lipinski definition) is 4. The summed E-state index contributed by atoms with van der Waals surface area (Å²) in [6, 6.07) is 1.32. The predicted molar refractivity (Wildman–Crippen MR) is 72.2 cm³/mol. The third-order valence-electron chi connectivity index (χ3n) is 2.60. The van der Waals surface area contributed by atoms with Gasteiger partial charge >= 0.3 is 0 Å². The molecule has 5 heteroatoms. The van der Waals surface area contributed by atoms with E-state index in [9.17, 15) is 4.79 Å². The highest BCUT2D eigenvalue weighted by molar-refractivity contribution is 5.82. The Balaban J connectivity index is 2.94. The van der Waals surface area contributed by atoms with E-state index in [2.05, 4.69) is 15.3 Å². The zero-order valence-corrected chi connectivity index (χ0v) is 11.7. The lowest BCUT2D eigenvalue weighted by Crippen LogP contribution is -2.39. The first-order valence-corrected chi connectivity index (χ1v) is 6.11. The summed E-state index contributed by atoms with van der Waals surface area (Å²) < 4.78 is 0. The maximum absolute atomic E-state index is 11.3. The molecule has 0 spiro atoms. The van der Waals surface area contributed by atoms with E-state index in [1.807, 2.05) is 34.6 Å². The van der Waals surface area contributed by atoms with E-state index in [4.69, 9.17) is 5.73 Å². The van der Waals surface area contributed by atoms with E-state index in [0.29, 0.717) is 5.82 Å². The summed E-state index contributed by atoms with van der Waals surface area (Å²) in [6.07, 6.45) is 1.69. The predicted octanol–water partition coefficient (Wildman–Crippen LogP) is 1.70. The Morgan fingerprint density at radius 3 is 2.44 bits per heavy atom.